The molecule has 2 fully saturated rings. The van der Waals surface area contributed by atoms with Gasteiger partial charge in [0.2, 0.25) is 10.0 Å². The second-order valence-electron chi connectivity index (χ2n) is 5.73. The van der Waals surface area contributed by atoms with E-state index >= 15 is 0 Å². The number of hydrogen-bond acceptors (Lipinski definition) is 4. The molecule has 112 valence electrons. The molecule has 0 saturated carbocycles. The van der Waals surface area contributed by atoms with Crippen LogP contribution in [-0.2, 0) is 14.8 Å². The Labute approximate surface area is 116 Å². The quantitative estimate of drug-likeness (QED) is 0.838. The van der Waals surface area contributed by atoms with Gasteiger partial charge in [0.1, 0.15) is 0 Å². The monoisotopic (exact) mass is 290 g/mol. The van der Waals surface area contributed by atoms with Crippen molar-refractivity contribution in [1.29, 1.82) is 0 Å². The molecule has 19 heavy (non-hydrogen) atoms. The highest BCUT2D eigenvalue weighted by Crippen LogP contribution is 2.19. The van der Waals surface area contributed by atoms with Crippen molar-refractivity contribution in [3.05, 3.63) is 0 Å². The van der Waals surface area contributed by atoms with E-state index in [1.54, 1.807) is 4.31 Å². The zero-order valence-electron chi connectivity index (χ0n) is 12.0. The molecule has 2 rings (SSSR count). The molecular weight excluding hydrogens is 264 g/mol. The second kappa shape index (κ2) is 6.52. The summed E-state index contributed by atoms with van der Waals surface area (Å²) in [7, 11) is -3.01. The molecular formula is C13H26N2O3S. The third-order valence-electron chi connectivity index (χ3n) is 4.22. The fourth-order valence-electron chi connectivity index (χ4n) is 3.00. The highest BCUT2D eigenvalue weighted by molar-refractivity contribution is 7.88. The van der Waals surface area contributed by atoms with Crippen LogP contribution in [0.25, 0.3) is 0 Å². The minimum Gasteiger partial charge on any atom is -0.378 e. The number of piperidine rings is 1. The maximum atomic E-state index is 11.5. The van der Waals surface area contributed by atoms with Gasteiger partial charge in [-0.15, -0.1) is 0 Å². The lowest BCUT2D eigenvalue weighted by molar-refractivity contribution is -0.00292. The Hall–Kier alpha value is -0.170. The fourth-order valence-corrected chi connectivity index (χ4v) is 3.88. The second-order valence-corrected chi connectivity index (χ2v) is 7.71. The van der Waals surface area contributed by atoms with E-state index < -0.39 is 10.0 Å². The average molecular weight is 290 g/mol. The zero-order valence-corrected chi connectivity index (χ0v) is 12.8. The van der Waals surface area contributed by atoms with Gasteiger partial charge in [-0.1, -0.05) is 6.92 Å². The van der Waals surface area contributed by atoms with E-state index in [4.69, 9.17) is 4.74 Å². The average Bonchev–Trinajstić information content (AvgIpc) is 2.38. The van der Waals surface area contributed by atoms with Gasteiger partial charge in [-0.3, -0.25) is 0 Å². The summed E-state index contributed by atoms with van der Waals surface area (Å²) < 4.78 is 30.2. The van der Waals surface area contributed by atoms with Crippen LogP contribution in [0.1, 0.15) is 39.0 Å². The molecule has 0 aromatic rings. The lowest BCUT2D eigenvalue weighted by atomic mass is 9.98. The largest absolute Gasteiger partial charge is 0.378 e. The minimum absolute atomic E-state index is 0.391. The predicted octanol–water partition coefficient (Wildman–Crippen LogP) is 0.958. The summed E-state index contributed by atoms with van der Waals surface area (Å²) in [6, 6.07) is 0.993. The molecule has 2 saturated heterocycles. The Morgan fingerprint density at radius 2 is 1.89 bits per heavy atom. The third kappa shape index (κ3) is 4.41. The Balaban J connectivity index is 1.76. The van der Waals surface area contributed by atoms with Crippen molar-refractivity contribution in [2.75, 3.05) is 26.0 Å². The number of nitrogens with zero attached hydrogens (tertiary/aromatic N) is 1. The van der Waals surface area contributed by atoms with Crippen LogP contribution in [0.2, 0.25) is 0 Å². The highest BCUT2D eigenvalue weighted by Gasteiger charge is 2.28. The first kappa shape index (κ1) is 15.2. The van der Waals surface area contributed by atoms with Crippen molar-refractivity contribution in [3.63, 3.8) is 0 Å². The van der Waals surface area contributed by atoms with Crippen LogP contribution in [0.5, 0.6) is 0 Å². The summed E-state index contributed by atoms with van der Waals surface area (Å²) in [6.07, 6.45) is 6.76. The van der Waals surface area contributed by atoms with Gasteiger partial charge >= 0.3 is 0 Å². The van der Waals surface area contributed by atoms with Gasteiger partial charge in [0.25, 0.3) is 0 Å². The molecule has 1 N–H and O–H groups in total. The minimum atomic E-state index is -3.01. The number of sulfonamides is 1. The Kier molecular flexibility index (Phi) is 5.22. The van der Waals surface area contributed by atoms with E-state index in [1.807, 2.05) is 0 Å². The SMILES string of the molecule is CCC1CC(NC2CCN(S(C)(=O)=O)CC2)CCO1. The van der Waals surface area contributed by atoms with Crippen molar-refractivity contribution in [2.45, 2.75) is 57.2 Å². The molecule has 0 aromatic carbocycles. The topological polar surface area (TPSA) is 58.6 Å². The molecule has 0 spiro atoms. The van der Waals surface area contributed by atoms with Crippen LogP contribution < -0.4 is 5.32 Å². The van der Waals surface area contributed by atoms with Crippen LogP contribution in [0, 0.1) is 0 Å². The molecule has 2 atom stereocenters. The van der Waals surface area contributed by atoms with Crippen molar-refractivity contribution < 1.29 is 13.2 Å². The number of nitrogens with one attached hydrogen (secondary N) is 1. The molecule has 0 bridgehead atoms. The first-order chi connectivity index (χ1) is 8.99. The first-order valence-electron chi connectivity index (χ1n) is 7.31. The highest BCUT2D eigenvalue weighted by atomic mass is 32.2. The summed E-state index contributed by atoms with van der Waals surface area (Å²) >= 11 is 0. The molecule has 0 radical (unpaired) electrons. The standard InChI is InChI=1S/C13H26N2O3S/c1-3-13-10-12(6-9-18-13)14-11-4-7-15(8-5-11)19(2,16)17/h11-14H,3-10H2,1-2H3. The molecule has 2 aliphatic heterocycles. The summed E-state index contributed by atoms with van der Waals surface area (Å²) in [4.78, 5) is 0. The molecule has 2 unspecified atom stereocenters. The zero-order chi connectivity index (χ0) is 13.9. The summed E-state index contributed by atoms with van der Waals surface area (Å²) in [5, 5.41) is 3.69. The van der Waals surface area contributed by atoms with Crippen molar-refractivity contribution in [2.24, 2.45) is 0 Å². The fraction of sp³-hybridized carbons (Fsp3) is 1.00. The van der Waals surface area contributed by atoms with Crippen molar-refractivity contribution >= 4 is 10.0 Å². The number of ether oxygens (including phenoxy) is 1. The van der Waals surface area contributed by atoms with Gasteiger partial charge < -0.3 is 10.1 Å². The molecule has 6 heteroatoms. The number of hydrogen-bond donors (Lipinski definition) is 1. The molecule has 5 nitrogen and oxygen atoms in total. The molecule has 2 aliphatic rings. The molecule has 2 heterocycles. The van der Waals surface area contributed by atoms with Crippen molar-refractivity contribution in [3.8, 4) is 0 Å². The summed E-state index contributed by atoms with van der Waals surface area (Å²) in [6.45, 7) is 4.31. The van der Waals surface area contributed by atoms with E-state index in [2.05, 4.69) is 12.2 Å². The first-order valence-corrected chi connectivity index (χ1v) is 9.16. The lowest BCUT2D eigenvalue weighted by Crippen LogP contribution is -2.49. The number of rotatable bonds is 4. The lowest BCUT2D eigenvalue weighted by Gasteiger charge is -2.36. The maximum Gasteiger partial charge on any atom is 0.211 e. The maximum absolute atomic E-state index is 11.5. The third-order valence-corrected chi connectivity index (χ3v) is 5.52. The van der Waals surface area contributed by atoms with Crippen LogP contribution in [0.15, 0.2) is 0 Å². The van der Waals surface area contributed by atoms with Gasteiger partial charge in [0, 0.05) is 31.8 Å². The van der Waals surface area contributed by atoms with E-state index in [-0.39, 0.29) is 0 Å². The normalized spacial score (nSPS) is 31.5. The molecule has 0 amide bonds. The van der Waals surface area contributed by atoms with Crippen LogP contribution in [0.4, 0.5) is 0 Å². The Morgan fingerprint density at radius 3 is 2.47 bits per heavy atom. The summed E-state index contributed by atoms with van der Waals surface area (Å²) in [5.41, 5.74) is 0. The van der Waals surface area contributed by atoms with E-state index in [1.165, 1.54) is 6.26 Å². The van der Waals surface area contributed by atoms with Crippen molar-refractivity contribution in [1.82, 2.24) is 9.62 Å². The van der Waals surface area contributed by atoms with Crippen LogP contribution in [-0.4, -0.2) is 56.9 Å². The predicted molar refractivity (Wildman–Crippen MR) is 75.6 cm³/mol. The van der Waals surface area contributed by atoms with E-state index in [0.29, 0.717) is 31.3 Å². The van der Waals surface area contributed by atoms with E-state index in [9.17, 15) is 8.42 Å². The van der Waals surface area contributed by atoms with Gasteiger partial charge in [0.05, 0.1) is 12.4 Å². The van der Waals surface area contributed by atoms with Gasteiger partial charge in [-0.05, 0) is 32.1 Å². The Bertz CT molecular complexity index is 377. The van der Waals surface area contributed by atoms with Gasteiger partial charge in [-0.2, -0.15) is 0 Å². The Morgan fingerprint density at radius 1 is 1.21 bits per heavy atom. The summed E-state index contributed by atoms with van der Waals surface area (Å²) in [5.74, 6) is 0. The van der Waals surface area contributed by atoms with Crippen LogP contribution >= 0.6 is 0 Å². The van der Waals surface area contributed by atoms with Gasteiger partial charge in [-0.25, -0.2) is 12.7 Å². The van der Waals surface area contributed by atoms with E-state index in [0.717, 1.165) is 38.7 Å². The molecule has 0 aromatic heterocycles. The van der Waals surface area contributed by atoms with Crippen LogP contribution in [0.3, 0.4) is 0 Å². The smallest absolute Gasteiger partial charge is 0.211 e. The van der Waals surface area contributed by atoms with Gasteiger partial charge in [0.15, 0.2) is 0 Å². The molecule has 0 aliphatic carbocycles.